The van der Waals surface area contributed by atoms with E-state index >= 15 is 0 Å². The van der Waals surface area contributed by atoms with E-state index in [2.05, 4.69) is 22.3 Å². The highest BCUT2D eigenvalue weighted by Gasteiger charge is 2.38. The van der Waals surface area contributed by atoms with Crippen molar-refractivity contribution in [3.8, 4) is 0 Å². The molecule has 1 N–H and O–H groups in total. The van der Waals surface area contributed by atoms with Gasteiger partial charge in [0.25, 0.3) is 0 Å². The molecule has 0 saturated carbocycles. The second-order valence-electron chi connectivity index (χ2n) is 7.33. The zero-order valence-electron chi connectivity index (χ0n) is 18.0. The number of esters is 1. The van der Waals surface area contributed by atoms with Gasteiger partial charge in [-0.2, -0.15) is 10.1 Å². The number of nitrogens with zero attached hydrogens (tertiary/aromatic N) is 4. The second kappa shape index (κ2) is 9.56. The minimum absolute atomic E-state index is 0.0533. The van der Waals surface area contributed by atoms with Crippen LogP contribution in [0.3, 0.4) is 0 Å². The third-order valence-electron chi connectivity index (χ3n) is 5.15. The molecule has 0 spiro atoms. The molecule has 30 heavy (non-hydrogen) atoms. The van der Waals surface area contributed by atoms with Gasteiger partial charge in [-0.25, -0.2) is 9.48 Å². The topological polar surface area (TPSA) is 89.4 Å². The maximum absolute atomic E-state index is 13.0. The van der Waals surface area contributed by atoms with Crippen LogP contribution in [0.4, 0.5) is 5.95 Å². The van der Waals surface area contributed by atoms with Crippen LogP contribution in [0.1, 0.15) is 50.8 Å². The average Bonchev–Trinajstić information content (AvgIpc) is 3.20. The molecule has 160 valence electrons. The summed E-state index contributed by atoms with van der Waals surface area (Å²) in [5.41, 5.74) is 3.13. The Hall–Kier alpha value is -3.16. The first-order valence-corrected chi connectivity index (χ1v) is 10.4. The van der Waals surface area contributed by atoms with E-state index in [0.717, 1.165) is 24.0 Å². The lowest BCUT2D eigenvalue weighted by Crippen LogP contribution is -2.42. The van der Waals surface area contributed by atoms with Crippen LogP contribution in [0.2, 0.25) is 0 Å². The fourth-order valence-electron chi connectivity index (χ4n) is 3.55. The minimum atomic E-state index is -0.471. The number of hydrogen-bond acceptors (Lipinski definition) is 6. The summed E-state index contributed by atoms with van der Waals surface area (Å²) in [6.45, 7) is 8.62. The van der Waals surface area contributed by atoms with Gasteiger partial charge in [-0.15, -0.1) is 0 Å². The van der Waals surface area contributed by atoms with Gasteiger partial charge in [0.1, 0.15) is 18.9 Å². The molecular formula is C22H29N5O3. The first kappa shape index (κ1) is 21.5. The van der Waals surface area contributed by atoms with Crippen molar-refractivity contribution in [1.29, 1.82) is 0 Å². The van der Waals surface area contributed by atoms with Crippen molar-refractivity contribution in [1.82, 2.24) is 20.1 Å². The van der Waals surface area contributed by atoms with E-state index in [4.69, 9.17) is 4.74 Å². The number of amides is 1. The summed E-state index contributed by atoms with van der Waals surface area (Å²) >= 11 is 0. The minimum Gasteiger partial charge on any atom is -0.463 e. The normalized spacial score (nSPS) is 15.7. The summed E-state index contributed by atoms with van der Waals surface area (Å²) in [5, 5.41) is 7.30. The fourth-order valence-corrected chi connectivity index (χ4v) is 3.55. The van der Waals surface area contributed by atoms with Crippen LogP contribution >= 0.6 is 0 Å². The van der Waals surface area contributed by atoms with E-state index in [-0.39, 0.29) is 19.1 Å². The summed E-state index contributed by atoms with van der Waals surface area (Å²) in [5.74, 6) is -0.0239. The number of aryl methyl sites for hydroxylation is 1. The van der Waals surface area contributed by atoms with Crippen molar-refractivity contribution in [2.45, 2.75) is 46.6 Å². The molecule has 8 heteroatoms. The van der Waals surface area contributed by atoms with Crippen molar-refractivity contribution in [2.24, 2.45) is 0 Å². The SMILES string of the molecule is CCCCNC(=O)CN1C(C)=C(C(=O)OCC)[C@H](c2ccc(C)cc2)n2ncnc21. The first-order valence-electron chi connectivity index (χ1n) is 10.4. The average molecular weight is 412 g/mol. The van der Waals surface area contributed by atoms with Gasteiger partial charge in [0.15, 0.2) is 0 Å². The number of rotatable bonds is 8. The molecule has 1 aromatic heterocycles. The Bertz CT molecular complexity index is 933. The Balaban J connectivity index is 2.03. The van der Waals surface area contributed by atoms with Gasteiger partial charge in [-0.3, -0.25) is 4.79 Å². The molecular weight excluding hydrogens is 382 g/mol. The lowest BCUT2D eigenvalue weighted by atomic mass is 9.94. The molecule has 0 unspecified atom stereocenters. The van der Waals surface area contributed by atoms with Gasteiger partial charge < -0.3 is 15.0 Å². The van der Waals surface area contributed by atoms with E-state index in [1.165, 1.54) is 6.33 Å². The third-order valence-corrected chi connectivity index (χ3v) is 5.15. The molecule has 8 nitrogen and oxygen atoms in total. The lowest BCUT2D eigenvalue weighted by Gasteiger charge is -2.35. The molecule has 1 atom stereocenters. The number of hydrogen-bond donors (Lipinski definition) is 1. The molecule has 0 aliphatic carbocycles. The fraction of sp³-hybridized carbons (Fsp3) is 0.455. The lowest BCUT2D eigenvalue weighted by molar-refractivity contribution is -0.139. The number of carbonyl (C=O) groups excluding carboxylic acids is 2. The van der Waals surface area contributed by atoms with Crippen LogP contribution < -0.4 is 10.2 Å². The number of nitrogens with one attached hydrogen (secondary N) is 1. The summed E-state index contributed by atoms with van der Waals surface area (Å²) in [7, 11) is 0. The van der Waals surface area contributed by atoms with E-state index in [1.54, 1.807) is 16.5 Å². The quantitative estimate of drug-likeness (QED) is 0.531. The predicted molar refractivity (Wildman–Crippen MR) is 114 cm³/mol. The summed E-state index contributed by atoms with van der Waals surface area (Å²) < 4.78 is 7.05. The monoisotopic (exact) mass is 411 g/mol. The maximum Gasteiger partial charge on any atom is 0.338 e. The highest BCUT2D eigenvalue weighted by molar-refractivity contribution is 5.93. The molecule has 1 amide bonds. The Morgan fingerprint density at radius 2 is 1.90 bits per heavy atom. The summed E-state index contributed by atoms with van der Waals surface area (Å²) in [4.78, 5) is 31.6. The van der Waals surface area contributed by atoms with Gasteiger partial charge in [0.2, 0.25) is 11.9 Å². The Labute approximate surface area is 176 Å². The van der Waals surface area contributed by atoms with E-state index < -0.39 is 12.0 Å². The number of allylic oxidation sites excluding steroid dienone is 1. The number of ether oxygens (including phenoxy) is 1. The molecule has 0 fully saturated rings. The van der Waals surface area contributed by atoms with Crippen LogP contribution in [0.5, 0.6) is 0 Å². The molecule has 0 radical (unpaired) electrons. The molecule has 0 saturated heterocycles. The highest BCUT2D eigenvalue weighted by atomic mass is 16.5. The molecule has 1 aliphatic rings. The number of fused-ring (bicyclic) bond motifs is 1. The van der Waals surface area contributed by atoms with Gasteiger partial charge in [0.05, 0.1) is 12.2 Å². The van der Waals surface area contributed by atoms with Gasteiger partial charge in [-0.1, -0.05) is 43.2 Å². The second-order valence-corrected chi connectivity index (χ2v) is 7.33. The zero-order valence-corrected chi connectivity index (χ0v) is 18.0. The van der Waals surface area contributed by atoms with Crippen molar-refractivity contribution in [3.63, 3.8) is 0 Å². The Morgan fingerprint density at radius 1 is 1.17 bits per heavy atom. The van der Waals surface area contributed by atoms with Gasteiger partial charge in [0, 0.05) is 12.2 Å². The molecule has 1 aromatic carbocycles. The largest absolute Gasteiger partial charge is 0.463 e. The van der Waals surface area contributed by atoms with E-state index in [9.17, 15) is 9.59 Å². The van der Waals surface area contributed by atoms with Crippen LogP contribution in [-0.4, -0.2) is 46.3 Å². The smallest absolute Gasteiger partial charge is 0.338 e. The number of aromatic nitrogens is 3. The Morgan fingerprint density at radius 3 is 2.57 bits per heavy atom. The van der Waals surface area contributed by atoms with Crippen molar-refractivity contribution in [3.05, 3.63) is 53.0 Å². The number of anilines is 1. The molecule has 0 bridgehead atoms. The molecule has 2 heterocycles. The van der Waals surface area contributed by atoms with Crippen LogP contribution in [-0.2, 0) is 14.3 Å². The van der Waals surface area contributed by atoms with Gasteiger partial charge in [-0.05, 0) is 32.8 Å². The zero-order chi connectivity index (χ0) is 21.7. The molecule has 3 rings (SSSR count). The third kappa shape index (κ3) is 4.37. The number of unbranched alkanes of at least 4 members (excludes halogenated alkanes) is 1. The van der Waals surface area contributed by atoms with Crippen LogP contribution in [0.25, 0.3) is 0 Å². The van der Waals surface area contributed by atoms with Crippen LogP contribution in [0, 0.1) is 6.92 Å². The van der Waals surface area contributed by atoms with Crippen molar-refractivity contribution < 1.29 is 14.3 Å². The number of benzene rings is 1. The molecule has 1 aliphatic heterocycles. The van der Waals surface area contributed by atoms with E-state index in [0.29, 0.717) is 23.8 Å². The van der Waals surface area contributed by atoms with Crippen molar-refractivity contribution in [2.75, 3.05) is 24.6 Å². The standard InChI is InChI=1S/C22H29N5O3/c1-5-7-12-23-18(28)13-26-16(4)19(21(29)30-6-2)20(27-22(26)24-14-25-27)17-10-8-15(3)9-11-17/h8-11,14,20H,5-7,12-13H2,1-4H3,(H,23,28)/t20-/m0/s1. The number of carbonyl (C=O) groups is 2. The maximum atomic E-state index is 13.0. The van der Waals surface area contributed by atoms with Gasteiger partial charge >= 0.3 is 5.97 Å². The van der Waals surface area contributed by atoms with E-state index in [1.807, 2.05) is 38.1 Å². The van der Waals surface area contributed by atoms with Crippen LogP contribution in [0.15, 0.2) is 41.9 Å². The highest BCUT2D eigenvalue weighted by Crippen LogP contribution is 2.38. The summed E-state index contributed by atoms with van der Waals surface area (Å²) in [6.07, 6.45) is 3.36. The molecule has 2 aromatic rings. The van der Waals surface area contributed by atoms with Crippen molar-refractivity contribution >= 4 is 17.8 Å². The predicted octanol–water partition coefficient (Wildman–Crippen LogP) is 2.75. The summed E-state index contributed by atoms with van der Waals surface area (Å²) in [6, 6.07) is 7.48. The first-order chi connectivity index (χ1) is 14.5. The Kier molecular flexibility index (Phi) is 6.87.